The zero-order valence-electron chi connectivity index (χ0n) is 10.2. The second-order valence-corrected chi connectivity index (χ2v) is 4.56. The molecule has 0 N–H and O–H groups in total. The maximum atomic E-state index is 12.5. The number of aryl methyl sites for hydroxylation is 1. The summed E-state index contributed by atoms with van der Waals surface area (Å²) in [5.74, 6) is -0.874. The average Bonchev–Trinajstić information content (AvgIpc) is 2.35. The van der Waals surface area contributed by atoms with Gasteiger partial charge in [-0.2, -0.15) is 18.4 Å². The van der Waals surface area contributed by atoms with Crippen molar-refractivity contribution in [2.24, 2.45) is 0 Å². The summed E-state index contributed by atoms with van der Waals surface area (Å²) in [6.45, 7) is 1.70. The molecule has 1 rings (SSSR count). The number of rotatable bonds is 3. The molecule has 0 fully saturated rings. The van der Waals surface area contributed by atoms with Crippen LogP contribution in [0.3, 0.4) is 0 Å². The zero-order chi connectivity index (χ0) is 14.6. The number of alkyl halides is 3. The van der Waals surface area contributed by atoms with Gasteiger partial charge in [0.1, 0.15) is 6.07 Å². The van der Waals surface area contributed by atoms with Crippen LogP contribution in [0.25, 0.3) is 0 Å². The molecule has 7 heteroatoms. The van der Waals surface area contributed by atoms with Gasteiger partial charge in [-0.3, -0.25) is 0 Å². The van der Waals surface area contributed by atoms with Gasteiger partial charge in [-0.05, 0) is 29.8 Å². The van der Waals surface area contributed by atoms with Crippen molar-refractivity contribution in [2.75, 3.05) is 7.11 Å². The Labute approximate surface area is 112 Å². The highest BCUT2D eigenvalue weighted by atomic mass is 32.2. The highest BCUT2D eigenvalue weighted by molar-refractivity contribution is 8.00. The van der Waals surface area contributed by atoms with Gasteiger partial charge in [-0.1, -0.05) is 13.0 Å². The van der Waals surface area contributed by atoms with E-state index in [1.165, 1.54) is 12.1 Å². The molecule has 19 heavy (non-hydrogen) atoms. The topological polar surface area (TPSA) is 50.1 Å². The number of benzene rings is 1. The van der Waals surface area contributed by atoms with Crippen molar-refractivity contribution in [3.05, 3.63) is 28.8 Å². The van der Waals surface area contributed by atoms with Crippen molar-refractivity contribution in [3.63, 3.8) is 0 Å². The number of ether oxygens (including phenoxy) is 1. The van der Waals surface area contributed by atoms with Crippen LogP contribution >= 0.6 is 11.8 Å². The first-order valence-corrected chi connectivity index (χ1v) is 6.05. The molecule has 0 aliphatic rings. The summed E-state index contributed by atoms with van der Waals surface area (Å²) < 4.78 is 42.1. The van der Waals surface area contributed by atoms with E-state index in [9.17, 15) is 18.0 Å². The van der Waals surface area contributed by atoms with Gasteiger partial charge in [-0.25, -0.2) is 4.79 Å². The van der Waals surface area contributed by atoms with Crippen LogP contribution in [-0.2, 0) is 11.2 Å². The lowest BCUT2D eigenvalue weighted by atomic mass is 10.0. The summed E-state index contributed by atoms with van der Waals surface area (Å²) in [7, 11) is 1.09. The molecule has 0 heterocycles. The van der Waals surface area contributed by atoms with Crippen molar-refractivity contribution < 1.29 is 22.7 Å². The molecule has 0 saturated carbocycles. The number of hydrogen-bond acceptors (Lipinski definition) is 4. The molecule has 0 spiro atoms. The average molecular weight is 289 g/mol. The van der Waals surface area contributed by atoms with Gasteiger partial charge < -0.3 is 4.74 Å². The number of halogens is 3. The van der Waals surface area contributed by atoms with E-state index < -0.39 is 28.1 Å². The van der Waals surface area contributed by atoms with Crippen LogP contribution in [0.15, 0.2) is 17.0 Å². The monoisotopic (exact) mass is 289 g/mol. The Kier molecular flexibility index (Phi) is 4.84. The van der Waals surface area contributed by atoms with Crippen molar-refractivity contribution in [2.45, 2.75) is 23.7 Å². The molecular weight excluding hydrogens is 279 g/mol. The normalized spacial score (nSPS) is 10.9. The number of esters is 1. The van der Waals surface area contributed by atoms with E-state index in [4.69, 9.17) is 5.26 Å². The van der Waals surface area contributed by atoms with E-state index in [1.54, 1.807) is 13.0 Å². The highest BCUT2D eigenvalue weighted by Gasteiger charge is 2.34. The number of hydrogen-bond donors (Lipinski definition) is 0. The second kappa shape index (κ2) is 5.97. The molecule has 3 nitrogen and oxygen atoms in total. The fourth-order valence-corrected chi connectivity index (χ4v) is 2.33. The van der Waals surface area contributed by atoms with Crippen molar-refractivity contribution >= 4 is 17.7 Å². The Balaban J connectivity index is 3.53. The van der Waals surface area contributed by atoms with Gasteiger partial charge in [0.25, 0.3) is 0 Å². The van der Waals surface area contributed by atoms with Crippen LogP contribution in [0.5, 0.6) is 0 Å². The fraction of sp³-hybridized carbons (Fsp3) is 0.333. The van der Waals surface area contributed by atoms with Gasteiger partial charge in [0.05, 0.1) is 18.2 Å². The molecule has 0 aliphatic carbocycles. The van der Waals surface area contributed by atoms with E-state index in [0.717, 1.165) is 7.11 Å². The number of methoxy groups -OCH3 is 1. The van der Waals surface area contributed by atoms with Crippen LogP contribution < -0.4 is 0 Å². The van der Waals surface area contributed by atoms with Gasteiger partial charge in [0.15, 0.2) is 0 Å². The van der Waals surface area contributed by atoms with E-state index in [-0.39, 0.29) is 11.1 Å². The fourth-order valence-electron chi connectivity index (χ4n) is 1.55. The van der Waals surface area contributed by atoms with Crippen molar-refractivity contribution in [1.29, 1.82) is 5.26 Å². The van der Waals surface area contributed by atoms with Crippen LogP contribution in [-0.4, -0.2) is 18.6 Å². The standard InChI is InChI=1S/C12H10F3NO2S/c1-3-7-4-5-8(6-16)10(19-12(13,14)15)9(7)11(17)18-2/h4-5H,3H2,1-2H3. The third-order valence-corrected chi connectivity index (χ3v) is 3.21. The molecule has 0 amide bonds. The Morgan fingerprint density at radius 1 is 1.47 bits per heavy atom. The largest absolute Gasteiger partial charge is 0.465 e. The third-order valence-electron chi connectivity index (χ3n) is 2.35. The quantitative estimate of drug-likeness (QED) is 0.631. The zero-order valence-corrected chi connectivity index (χ0v) is 11.0. The van der Waals surface area contributed by atoms with Crippen molar-refractivity contribution in [1.82, 2.24) is 0 Å². The SMILES string of the molecule is CCc1ccc(C#N)c(SC(F)(F)F)c1C(=O)OC. The highest BCUT2D eigenvalue weighted by Crippen LogP contribution is 2.41. The molecule has 0 unspecified atom stereocenters. The molecule has 102 valence electrons. The predicted molar refractivity (Wildman–Crippen MR) is 63.8 cm³/mol. The van der Waals surface area contributed by atoms with Crippen molar-refractivity contribution in [3.8, 4) is 6.07 Å². The lowest BCUT2D eigenvalue weighted by molar-refractivity contribution is -0.0328. The number of carbonyl (C=O) groups excluding carboxylic acids is 1. The molecule has 1 aromatic rings. The number of thioether (sulfide) groups is 1. The molecule has 0 atom stereocenters. The minimum Gasteiger partial charge on any atom is -0.465 e. The summed E-state index contributed by atoms with van der Waals surface area (Å²) >= 11 is -0.472. The Bertz CT molecular complexity index is 535. The minimum atomic E-state index is -4.58. The first kappa shape index (κ1) is 15.4. The van der Waals surface area contributed by atoms with E-state index >= 15 is 0 Å². The Morgan fingerprint density at radius 2 is 2.11 bits per heavy atom. The molecule has 0 bridgehead atoms. The van der Waals surface area contributed by atoms with Crippen LogP contribution in [0, 0.1) is 11.3 Å². The third kappa shape index (κ3) is 3.64. The molecule has 0 radical (unpaired) electrons. The van der Waals surface area contributed by atoms with Crippen LogP contribution in [0.2, 0.25) is 0 Å². The lowest BCUT2D eigenvalue weighted by Crippen LogP contribution is -2.11. The summed E-state index contributed by atoms with van der Waals surface area (Å²) in [5, 5.41) is 8.88. The van der Waals surface area contributed by atoms with E-state index in [0.29, 0.717) is 12.0 Å². The van der Waals surface area contributed by atoms with Crippen LogP contribution in [0.1, 0.15) is 28.4 Å². The van der Waals surface area contributed by atoms with Crippen LogP contribution in [0.4, 0.5) is 13.2 Å². The Morgan fingerprint density at radius 3 is 2.53 bits per heavy atom. The molecule has 1 aromatic carbocycles. The van der Waals surface area contributed by atoms with Gasteiger partial charge in [-0.15, -0.1) is 0 Å². The first-order valence-electron chi connectivity index (χ1n) is 5.24. The second-order valence-electron chi connectivity index (χ2n) is 3.48. The summed E-state index contributed by atoms with van der Waals surface area (Å²) in [6, 6.07) is 4.40. The summed E-state index contributed by atoms with van der Waals surface area (Å²) in [5.41, 5.74) is -4.55. The number of nitrogens with zero attached hydrogens (tertiary/aromatic N) is 1. The van der Waals surface area contributed by atoms with E-state index in [2.05, 4.69) is 4.74 Å². The summed E-state index contributed by atoms with van der Waals surface area (Å²) in [6.07, 6.45) is 0.363. The predicted octanol–water partition coefficient (Wildman–Crippen LogP) is 3.52. The Hall–Kier alpha value is -1.68. The maximum Gasteiger partial charge on any atom is 0.446 e. The smallest absolute Gasteiger partial charge is 0.446 e. The van der Waals surface area contributed by atoms with Gasteiger partial charge in [0.2, 0.25) is 0 Å². The minimum absolute atomic E-state index is 0.189. The van der Waals surface area contributed by atoms with Gasteiger partial charge in [0, 0.05) is 4.90 Å². The number of nitriles is 1. The van der Waals surface area contributed by atoms with Gasteiger partial charge >= 0.3 is 11.5 Å². The number of carbonyl (C=O) groups is 1. The van der Waals surface area contributed by atoms with E-state index in [1.807, 2.05) is 0 Å². The first-order chi connectivity index (χ1) is 8.84. The molecular formula is C12H10F3NO2S. The maximum absolute atomic E-state index is 12.5. The molecule has 0 aliphatic heterocycles. The summed E-state index contributed by atoms with van der Waals surface area (Å²) in [4.78, 5) is 11.3. The molecule has 0 aromatic heterocycles. The lowest BCUT2D eigenvalue weighted by Gasteiger charge is -2.14. The molecule has 0 saturated heterocycles.